The van der Waals surface area contributed by atoms with Gasteiger partial charge in [-0.05, 0) is 24.8 Å². The molecule has 0 N–H and O–H groups in total. The minimum absolute atomic E-state index is 0.0900. The fourth-order valence-corrected chi connectivity index (χ4v) is 3.96. The molecular formula is C16H20N2O2S. The third kappa shape index (κ3) is 3.40. The number of amides is 2. The number of nitrogens with zero attached hydrogens (tertiary/aromatic N) is 2. The van der Waals surface area contributed by atoms with Crippen molar-refractivity contribution in [1.82, 2.24) is 9.80 Å². The third-order valence-electron chi connectivity index (χ3n) is 4.16. The Bertz CT molecular complexity index is 520. The predicted molar refractivity (Wildman–Crippen MR) is 83.9 cm³/mol. The van der Waals surface area contributed by atoms with Crippen LogP contribution in [0.1, 0.15) is 18.4 Å². The minimum atomic E-state index is 0.0900. The van der Waals surface area contributed by atoms with Gasteiger partial charge in [0.25, 0.3) is 0 Å². The summed E-state index contributed by atoms with van der Waals surface area (Å²) in [6, 6.07) is 10.6. The van der Waals surface area contributed by atoms with E-state index in [2.05, 4.69) is 12.1 Å². The number of thioether (sulfide) groups is 1. The van der Waals surface area contributed by atoms with Crippen LogP contribution < -0.4 is 0 Å². The van der Waals surface area contributed by atoms with E-state index < -0.39 is 0 Å². The molecule has 4 nitrogen and oxygen atoms in total. The van der Waals surface area contributed by atoms with E-state index >= 15 is 0 Å². The molecule has 0 unspecified atom stereocenters. The maximum Gasteiger partial charge on any atom is 0.242 e. The van der Waals surface area contributed by atoms with Gasteiger partial charge in [0.1, 0.15) is 6.54 Å². The van der Waals surface area contributed by atoms with Crippen LogP contribution in [0.25, 0.3) is 0 Å². The van der Waals surface area contributed by atoms with Gasteiger partial charge in [0.15, 0.2) is 0 Å². The summed E-state index contributed by atoms with van der Waals surface area (Å²) >= 11 is 1.58. The van der Waals surface area contributed by atoms with Crippen molar-refractivity contribution >= 4 is 23.6 Å². The SMILES string of the molecule is O=C1CSCN1CC(=O)N1CCC[C@H]1Cc1ccccc1. The number of benzene rings is 1. The number of hydrogen-bond donors (Lipinski definition) is 0. The maximum absolute atomic E-state index is 12.5. The summed E-state index contributed by atoms with van der Waals surface area (Å²) in [4.78, 5) is 27.7. The lowest BCUT2D eigenvalue weighted by molar-refractivity contribution is -0.138. The molecule has 1 atom stereocenters. The van der Waals surface area contributed by atoms with Crippen molar-refractivity contribution in [3.05, 3.63) is 35.9 Å². The van der Waals surface area contributed by atoms with E-state index in [4.69, 9.17) is 0 Å². The lowest BCUT2D eigenvalue weighted by Gasteiger charge is -2.27. The number of hydrogen-bond acceptors (Lipinski definition) is 3. The smallest absolute Gasteiger partial charge is 0.242 e. The van der Waals surface area contributed by atoms with Gasteiger partial charge >= 0.3 is 0 Å². The fraction of sp³-hybridized carbons (Fsp3) is 0.500. The van der Waals surface area contributed by atoms with Crippen LogP contribution in [-0.4, -0.2) is 52.4 Å². The lowest BCUT2D eigenvalue weighted by atomic mass is 10.0. The molecule has 0 aliphatic carbocycles. The van der Waals surface area contributed by atoms with Crippen LogP contribution in [0.2, 0.25) is 0 Å². The molecule has 0 aromatic heterocycles. The summed E-state index contributed by atoms with van der Waals surface area (Å²) in [5.74, 6) is 1.36. The Hall–Kier alpha value is -1.49. The molecule has 1 aromatic carbocycles. The Morgan fingerprint density at radius 2 is 2.10 bits per heavy atom. The van der Waals surface area contributed by atoms with E-state index in [0.717, 1.165) is 25.8 Å². The largest absolute Gasteiger partial charge is 0.338 e. The van der Waals surface area contributed by atoms with E-state index in [1.807, 2.05) is 23.1 Å². The molecule has 21 heavy (non-hydrogen) atoms. The summed E-state index contributed by atoms with van der Waals surface area (Å²) < 4.78 is 0. The normalized spacial score (nSPS) is 22.1. The molecule has 2 amide bonds. The van der Waals surface area contributed by atoms with Crippen molar-refractivity contribution in [2.45, 2.75) is 25.3 Å². The quantitative estimate of drug-likeness (QED) is 0.851. The highest BCUT2D eigenvalue weighted by Crippen LogP contribution is 2.22. The Kier molecular flexibility index (Phi) is 4.48. The zero-order chi connectivity index (χ0) is 14.7. The van der Waals surface area contributed by atoms with Crippen LogP contribution in [0, 0.1) is 0 Å². The molecule has 2 saturated heterocycles. The molecule has 0 saturated carbocycles. The Labute approximate surface area is 129 Å². The predicted octanol–water partition coefficient (Wildman–Crippen LogP) is 1.75. The molecule has 0 radical (unpaired) electrons. The zero-order valence-corrected chi connectivity index (χ0v) is 12.8. The van der Waals surface area contributed by atoms with Crippen LogP contribution in [0.4, 0.5) is 0 Å². The van der Waals surface area contributed by atoms with E-state index in [9.17, 15) is 9.59 Å². The Balaban J connectivity index is 1.60. The molecule has 2 aliphatic rings. The molecule has 0 bridgehead atoms. The highest BCUT2D eigenvalue weighted by molar-refractivity contribution is 8.00. The van der Waals surface area contributed by atoms with Crippen LogP contribution in [0.3, 0.4) is 0 Å². The molecule has 1 aromatic rings. The average Bonchev–Trinajstić information content (AvgIpc) is 3.10. The topological polar surface area (TPSA) is 40.6 Å². The highest BCUT2D eigenvalue weighted by Gasteiger charge is 2.31. The Morgan fingerprint density at radius 3 is 2.81 bits per heavy atom. The van der Waals surface area contributed by atoms with Gasteiger partial charge in [0.2, 0.25) is 11.8 Å². The summed E-state index contributed by atoms with van der Waals surface area (Å²) in [5.41, 5.74) is 1.27. The van der Waals surface area contributed by atoms with Gasteiger partial charge in [0.05, 0.1) is 11.6 Å². The van der Waals surface area contributed by atoms with E-state index in [1.165, 1.54) is 5.56 Å². The van der Waals surface area contributed by atoms with Crippen molar-refractivity contribution < 1.29 is 9.59 Å². The van der Waals surface area contributed by atoms with Gasteiger partial charge in [0, 0.05) is 12.6 Å². The van der Waals surface area contributed by atoms with Crippen LogP contribution in [-0.2, 0) is 16.0 Å². The second-order valence-corrected chi connectivity index (χ2v) is 6.60. The monoisotopic (exact) mass is 304 g/mol. The van der Waals surface area contributed by atoms with Crippen LogP contribution in [0.15, 0.2) is 30.3 Å². The van der Waals surface area contributed by atoms with Crippen LogP contribution in [0.5, 0.6) is 0 Å². The van der Waals surface area contributed by atoms with Gasteiger partial charge in [-0.2, -0.15) is 0 Å². The number of rotatable bonds is 4. The highest BCUT2D eigenvalue weighted by atomic mass is 32.2. The first-order chi connectivity index (χ1) is 10.2. The third-order valence-corrected chi connectivity index (χ3v) is 5.11. The first-order valence-electron chi connectivity index (χ1n) is 7.43. The van der Waals surface area contributed by atoms with Gasteiger partial charge in [-0.25, -0.2) is 0 Å². The van der Waals surface area contributed by atoms with Crippen LogP contribution >= 0.6 is 11.8 Å². The molecular weight excluding hydrogens is 284 g/mol. The van der Waals surface area contributed by atoms with Gasteiger partial charge in [-0.3, -0.25) is 9.59 Å². The van der Waals surface area contributed by atoms with Crippen molar-refractivity contribution in [1.29, 1.82) is 0 Å². The second-order valence-electron chi connectivity index (χ2n) is 5.64. The Morgan fingerprint density at radius 1 is 1.29 bits per heavy atom. The van der Waals surface area contributed by atoms with Crippen molar-refractivity contribution in [3.8, 4) is 0 Å². The summed E-state index contributed by atoms with van der Waals surface area (Å²) in [6.45, 7) is 1.07. The minimum Gasteiger partial charge on any atom is -0.338 e. The van der Waals surface area contributed by atoms with Gasteiger partial charge < -0.3 is 9.80 Å². The molecule has 5 heteroatoms. The molecule has 2 heterocycles. The second kappa shape index (κ2) is 6.52. The molecule has 3 rings (SSSR count). The average molecular weight is 304 g/mol. The van der Waals surface area contributed by atoms with E-state index in [0.29, 0.717) is 11.6 Å². The summed E-state index contributed by atoms with van der Waals surface area (Å²) in [7, 11) is 0. The van der Waals surface area contributed by atoms with E-state index in [1.54, 1.807) is 16.7 Å². The fourth-order valence-electron chi connectivity index (χ4n) is 3.06. The summed E-state index contributed by atoms with van der Waals surface area (Å²) in [6.07, 6.45) is 3.03. The lowest BCUT2D eigenvalue weighted by Crippen LogP contribution is -2.43. The van der Waals surface area contributed by atoms with Crippen molar-refractivity contribution in [2.24, 2.45) is 0 Å². The zero-order valence-electron chi connectivity index (χ0n) is 12.0. The first-order valence-corrected chi connectivity index (χ1v) is 8.58. The number of carbonyl (C=O) groups excluding carboxylic acids is 2. The number of likely N-dealkylation sites (tertiary alicyclic amines) is 1. The van der Waals surface area contributed by atoms with Gasteiger partial charge in [-0.1, -0.05) is 30.3 Å². The molecule has 2 aliphatic heterocycles. The van der Waals surface area contributed by atoms with Gasteiger partial charge in [-0.15, -0.1) is 11.8 Å². The standard InChI is InChI=1S/C16H20N2O2S/c19-15(10-17-12-21-11-16(17)20)18-8-4-7-14(18)9-13-5-2-1-3-6-13/h1-3,5-6,14H,4,7-12H2/t14-/m0/s1. The maximum atomic E-state index is 12.5. The molecule has 2 fully saturated rings. The molecule has 112 valence electrons. The van der Waals surface area contributed by atoms with Crippen molar-refractivity contribution in [3.63, 3.8) is 0 Å². The molecule has 0 spiro atoms. The van der Waals surface area contributed by atoms with E-state index in [-0.39, 0.29) is 24.4 Å². The summed E-state index contributed by atoms with van der Waals surface area (Å²) in [5, 5.41) is 0. The van der Waals surface area contributed by atoms with Crippen molar-refractivity contribution in [2.75, 3.05) is 24.7 Å². The number of carbonyl (C=O) groups is 2. The first kappa shape index (κ1) is 14.4.